The summed E-state index contributed by atoms with van der Waals surface area (Å²) >= 11 is 0. The average Bonchev–Trinajstić information content (AvgIpc) is 3.08. The van der Waals surface area contributed by atoms with E-state index < -0.39 is 0 Å². The van der Waals surface area contributed by atoms with Gasteiger partial charge in [-0.1, -0.05) is 18.2 Å². The molecule has 128 valence electrons. The zero-order valence-corrected chi connectivity index (χ0v) is 13.7. The number of benzene rings is 1. The van der Waals surface area contributed by atoms with Gasteiger partial charge in [0.05, 0.1) is 25.0 Å². The van der Waals surface area contributed by atoms with Gasteiger partial charge in [-0.2, -0.15) is 5.10 Å². The molecule has 0 unspecified atom stereocenters. The molecule has 0 fully saturated rings. The maximum atomic E-state index is 12.1. The molecule has 0 saturated heterocycles. The Morgan fingerprint density at radius 1 is 1.12 bits per heavy atom. The second-order valence-electron chi connectivity index (χ2n) is 5.23. The Hall–Kier alpha value is -3.26. The molecule has 3 rings (SSSR count). The third-order valence-corrected chi connectivity index (χ3v) is 3.36. The van der Waals surface area contributed by atoms with Crippen LogP contribution in [0.2, 0.25) is 0 Å². The van der Waals surface area contributed by atoms with E-state index in [1.807, 2.05) is 36.5 Å². The monoisotopic (exact) mass is 338 g/mol. The summed E-state index contributed by atoms with van der Waals surface area (Å²) in [6.07, 6.45) is 3.53. The molecular formula is C17H18N6O2. The standard InChI is InChI=1S/C17H18N6O2/c1-25-10-9-23-12-14(11-18-23)19-16-8-7-15(21-22-16)17(24)20-13-5-3-2-4-6-13/h2-8,11-12H,9-10H2,1H3,(H,19,22)(H,20,24). The van der Waals surface area contributed by atoms with E-state index in [4.69, 9.17) is 4.74 Å². The Morgan fingerprint density at radius 3 is 2.68 bits per heavy atom. The molecule has 0 atom stereocenters. The normalized spacial score (nSPS) is 10.4. The van der Waals surface area contributed by atoms with E-state index in [9.17, 15) is 4.79 Å². The van der Waals surface area contributed by atoms with Crippen LogP contribution in [0.15, 0.2) is 54.9 Å². The average molecular weight is 338 g/mol. The van der Waals surface area contributed by atoms with Gasteiger partial charge in [0.2, 0.25) is 0 Å². The SMILES string of the molecule is COCCn1cc(Nc2ccc(C(=O)Nc3ccccc3)nn2)cn1. The molecule has 1 aromatic carbocycles. The van der Waals surface area contributed by atoms with Crippen LogP contribution < -0.4 is 10.6 Å². The van der Waals surface area contributed by atoms with Gasteiger partial charge in [-0.25, -0.2) is 0 Å². The number of hydrogen-bond acceptors (Lipinski definition) is 6. The molecule has 0 radical (unpaired) electrons. The summed E-state index contributed by atoms with van der Waals surface area (Å²) in [6.45, 7) is 1.26. The van der Waals surface area contributed by atoms with Crippen molar-refractivity contribution in [2.75, 3.05) is 24.4 Å². The van der Waals surface area contributed by atoms with Crippen LogP contribution in [-0.2, 0) is 11.3 Å². The molecule has 8 heteroatoms. The van der Waals surface area contributed by atoms with Crippen molar-refractivity contribution in [1.82, 2.24) is 20.0 Å². The predicted molar refractivity (Wildman–Crippen MR) is 93.8 cm³/mol. The highest BCUT2D eigenvalue weighted by atomic mass is 16.5. The van der Waals surface area contributed by atoms with Crippen molar-refractivity contribution in [2.24, 2.45) is 0 Å². The number of amides is 1. The third kappa shape index (κ3) is 4.61. The van der Waals surface area contributed by atoms with Gasteiger partial charge in [-0.3, -0.25) is 9.48 Å². The predicted octanol–water partition coefficient (Wildman–Crippen LogP) is 2.32. The van der Waals surface area contributed by atoms with Crippen molar-refractivity contribution >= 4 is 23.1 Å². The van der Waals surface area contributed by atoms with Crippen molar-refractivity contribution in [2.45, 2.75) is 6.54 Å². The largest absolute Gasteiger partial charge is 0.383 e. The molecule has 0 bridgehead atoms. The van der Waals surface area contributed by atoms with Gasteiger partial charge < -0.3 is 15.4 Å². The Labute approximate surface area is 144 Å². The lowest BCUT2D eigenvalue weighted by atomic mass is 10.3. The molecule has 25 heavy (non-hydrogen) atoms. The number of para-hydroxylation sites is 1. The minimum atomic E-state index is -0.308. The number of nitrogens with one attached hydrogen (secondary N) is 2. The summed E-state index contributed by atoms with van der Waals surface area (Å²) in [6, 6.07) is 12.5. The molecule has 2 N–H and O–H groups in total. The van der Waals surface area contributed by atoms with Crippen LogP contribution in [0.1, 0.15) is 10.5 Å². The van der Waals surface area contributed by atoms with Gasteiger partial charge in [-0.15, -0.1) is 10.2 Å². The van der Waals surface area contributed by atoms with Crippen molar-refractivity contribution in [1.29, 1.82) is 0 Å². The Bertz CT molecular complexity index is 817. The maximum Gasteiger partial charge on any atom is 0.276 e. The summed E-state index contributed by atoms with van der Waals surface area (Å²) < 4.78 is 6.77. The minimum Gasteiger partial charge on any atom is -0.383 e. The zero-order valence-electron chi connectivity index (χ0n) is 13.7. The van der Waals surface area contributed by atoms with Crippen LogP contribution in [0, 0.1) is 0 Å². The molecule has 2 aromatic heterocycles. The van der Waals surface area contributed by atoms with E-state index in [1.165, 1.54) is 0 Å². The molecule has 1 amide bonds. The van der Waals surface area contributed by atoms with E-state index in [0.29, 0.717) is 24.7 Å². The summed E-state index contributed by atoms with van der Waals surface area (Å²) in [7, 11) is 1.65. The second kappa shape index (κ2) is 8.02. The molecule has 2 heterocycles. The van der Waals surface area contributed by atoms with E-state index in [1.54, 1.807) is 30.1 Å². The van der Waals surface area contributed by atoms with E-state index in [-0.39, 0.29) is 11.6 Å². The smallest absolute Gasteiger partial charge is 0.276 e. The summed E-state index contributed by atoms with van der Waals surface area (Å²) in [4.78, 5) is 12.1. The highest BCUT2D eigenvalue weighted by molar-refractivity contribution is 6.02. The molecule has 0 spiro atoms. The van der Waals surface area contributed by atoms with Crippen LogP contribution in [0.3, 0.4) is 0 Å². The number of rotatable bonds is 7. The Kier molecular flexibility index (Phi) is 5.32. The number of hydrogen-bond donors (Lipinski definition) is 2. The second-order valence-corrected chi connectivity index (χ2v) is 5.23. The maximum absolute atomic E-state index is 12.1. The minimum absolute atomic E-state index is 0.241. The van der Waals surface area contributed by atoms with Gasteiger partial charge >= 0.3 is 0 Å². The fourth-order valence-electron chi connectivity index (χ4n) is 2.12. The van der Waals surface area contributed by atoms with Crippen molar-refractivity contribution in [3.05, 3.63) is 60.6 Å². The number of carbonyl (C=O) groups is 1. The van der Waals surface area contributed by atoms with Crippen LogP contribution in [0.5, 0.6) is 0 Å². The third-order valence-electron chi connectivity index (χ3n) is 3.36. The molecule has 0 aliphatic carbocycles. The van der Waals surface area contributed by atoms with Gasteiger partial charge in [0.1, 0.15) is 0 Å². The van der Waals surface area contributed by atoms with Crippen molar-refractivity contribution in [3.8, 4) is 0 Å². The summed E-state index contributed by atoms with van der Waals surface area (Å²) in [5.41, 5.74) is 1.73. The molecule has 0 aliphatic heterocycles. The number of anilines is 3. The first-order valence-corrected chi connectivity index (χ1v) is 7.73. The van der Waals surface area contributed by atoms with Gasteiger partial charge in [0.15, 0.2) is 11.5 Å². The molecular weight excluding hydrogens is 320 g/mol. The topological polar surface area (TPSA) is 94.0 Å². The van der Waals surface area contributed by atoms with E-state index >= 15 is 0 Å². The van der Waals surface area contributed by atoms with E-state index in [2.05, 4.69) is 25.9 Å². The van der Waals surface area contributed by atoms with Crippen LogP contribution >= 0.6 is 0 Å². The molecule has 0 saturated carbocycles. The fourth-order valence-corrected chi connectivity index (χ4v) is 2.12. The number of aromatic nitrogens is 4. The first-order chi connectivity index (χ1) is 12.2. The number of ether oxygens (including phenoxy) is 1. The van der Waals surface area contributed by atoms with Gasteiger partial charge in [0.25, 0.3) is 5.91 Å². The number of methoxy groups -OCH3 is 1. The fraction of sp³-hybridized carbons (Fsp3) is 0.176. The number of nitrogens with zero attached hydrogens (tertiary/aromatic N) is 4. The lowest BCUT2D eigenvalue weighted by molar-refractivity contribution is 0.102. The van der Waals surface area contributed by atoms with Crippen LogP contribution in [-0.4, -0.2) is 39.6 Å². The highest BCUT2D eigenvalue weighted by Crippen LogP contribution is 2.13. The van der Waals surface area contributed by atoms with Gasteiger partial charge in [0, 0.05) is 19.0 Å². The molecule has 8 nitrogen and oxygen atoms in total. The first kappa shape index (κ1) is 16.6. The zero-order chi connectivity index (χ0) is 17.5. The Morgan fingerprint density at radius 2 is 1.96 bits per heavy atom. The lowest BCUT2D eigenvalue weighted by Gasteiger charge is -2.05. The van der Waals surface area contributed by atoms with Crippen molar-refractivity contribution in [3.63, 3.8) is 0 Å². The summed E-state index contributed by atoms with van der Waals surface area (Å²) in [5.74, 6) is 0.222. The quantitative estimate of drug-likeness (QED) is 0.686. The van der Waals surface area contributed by atoms with Gasteiger partial charge in [-0.05, 0) is 24.3 Å². The van der Waals surface area contributed by atoms with Crippen molar-refractivity contribution < 1.29 is 9.53 Å². The number of carbonyl (C=O) groups excluding carboxylic acids is 1. The van der Waals surface area contributed by atoms with Crippen LogP contribution in [0.4, 0.5) is 17.2 Å². The Balaban J connectivity index is 1.60. The summed E-state index contributed by atoms with van der Waals surface area (Å²) in [5, 5.41) is 18.0. The van der Waals surface area contributed by atoms with Crippen LogP contribution in [0.25, 0.3) is 0 Å². The highest BCUT2D eigenvalue weighted by Gasteiger charge is 2.09. The van der Waals surface area contributed by atoms with E-state index in [0.717, 1.165) is 5.69 Å². The lowest BCUT2D eigenvalue weighted by Crippen LogP contribution is -2.14. The molecule has 3 aromatic rings. The molecule has 0 aliphatic rings. The first-order valence-electron chi connectivity index (χ1n) is 7.73.